The molecule has 0 heterocycles. The Morgan fingerprint density at radius 3 is 2.95 bits per heavy atom. The van der Waals surface area contributed by atoms with Crippen LogP contribution in [0.25, 0.3) is 0 Å². The van der Waals surface area contributed by atoms with Gasteiger partial charge in [-0.05, 0) is 43.1 Å². The second-order valence-corrected chi connectivity index (χ2v) is 6.60. The van der Waals surface area contributed by atoms with Crippen molar-refractivity contribution in [2.45, 2.75) is 38.8 Å². The van der Waals surface area contributed by atoms with Crippen molar-refractivity contribution in [3.05, 3.63) is 34.9 Å². The molecule has 3 unspecified atom stereocenters. The van der Waals surface area contributed by atoms with Crippen molar-refractivity contribution in [2.24, 2.45) is 5.92 Å². The topological polar surface area (TPSA) is 32.3 Å². The lowest BCUT2D eigenvalue weighted by Gasteiger charge is -2.26. The first-order valence-electron chi connectivity index (χ1n) is 7.11. The van der Waals surface area contributed by atoms with Crippen molar-refractivity contribution in [1.29, 1.82) is 0 Å². The zero-order valence-corrected chi connectivity index (χ0v) is 13.0. The van der Waals surface area contributed by atoms with Gasteiger partial charge in [0.1, 0.15) is 0 Å². The molecule has 0 bridgehead atoms. The second-order valence-electron chi connectivity index (χ2n) is 5.69. The fourth-order valence-electron chi connectivity index (χ4n) is 3.04. The SMILES string of the molecule is CSCC(CCO)NC1c2cc(C)ccc2CC1C. The van der Waals surface area contributed by atoms with Crippen LogP contribution >= 0.6 is 11.8 Å². The third kappa shape index (κ3) is 3.53. The van der Waals surface area contributed by atoms with Crippen molar-refractivity contribution >= 4 is 11.8 Å². The van der Waals surface area contributed by atoms with Gasteiger partial charge in [0.05, 0.1) is 0 Å². The number of aliphatic hydroxyl groups excluding tert-OH is 1. The lowest BCUT2D eigenvalue weighted by Crippen LogP contribution is -2.37. The third-order valence-electron chi connectivity index (χ3n) is 4.01. The van der Waals surface area contributed by atoms with Gasteiger partial charge in [-0.1, -0.05) is 30.7 Å². The van der Waals surface area contributed by atoms with Crippen LogP contribution in [0.4, 0.5) is 0 Å². The van der Waals surface area contributed by atoms with E-state index in [-0.39, 0.29) is 6.61 Å². The standard InChI is InChI=1S/C16H25NOS/c1-11-4-5-13-9-12(2)16(15(13)8-11)17-14(6-7-18)10-19-3/h4-5,8,12,14,16-18H,6-7,9-10H2,1-3H3. The summed E-state index contributed by atoms with van der Waals surface area (Å²) in [6.45, 7) is 4.75. The van der Waals surface area contributed by atoms with Crippen molar-refractivity contribution in [2.75, 3.05) is 18.6 Å². The zero-order valence-electron chi connectivity index (χ0n) is 12.1. The molecule has 0 saturated carbocycles. The molecule has 0 amide bonds. The van der Waals surface area contributed by atoms with E-state index >= 15 is 0 Å². The molecule has 3 heteroatoms. The van der Waals surface area contributed by atoms with Crippen LogP contribution in [-0.4, -0.2) is 29.8 Å². The molecule has 2 N–H and O–H groups in total. The van der Waals surface area contributed by atoms with Gasteiger partial charge in [0, 0.05) is 24.4 Å². The van der Waals surface area contributed by atoms with Crippen molar-refractivity contribution in [3.63, 3.8) is 0 Å². The smallest absolute Gasteiger partial charge is 0.0446 e. The minimum Gasteiger partial charge on any atom is -0.396 e. The molecule has 0 spiro atoms. The molecule has 19 heavy (non-hydrogen) atoms. The second kappa shape index (κ2) is 6.78. The van der Waals surface area contributed by atoms with Crippen molar-refractivity contribution in [3.8, 4) is 0 Å². The molecule has 1 aliphatic carbocycles. The Bertz CT molecular complexity index is 415. The molecule has 1 aliphatic rings. The molecule has 0 fully saturated rings. The minimum absolute atomic E-state index is 0.264. The maximum absolute atomic E-state index is 9.19. The summed E-state index contributed by atoms with van der Waals surface area (Å²) < 4.78 is 0. The first-order chi connectivity index (χ1) is 9.15. The molecule has 2 rings (SSSR count). The number of benzene rings is 1. The lowest BCUT2D eigenvalue weighted by atomic mass is 10.0. The fourth-order valence-corrected chi connectivity index (χ4v) is 3.71. The monoisotopic (exact) mass is 279 g/mol. The summed E-state index contributed by atoms with van der Waals surface area (Å²) in [7, 11) is 0. The van der Waals surface area contributed by atoms with E-state index < -0.39 is 0 Å². The Balaban J connectivity index is 2.13. The summed E-state index contributed by atoms with van der Waals surface area (Å²) in [5, 5.41) is 13.0. The van der Waals surface area contributed by atoms with Gasteiger partial charge in [-0.2, -0.15) is 11.8 Å². The van der Waals surface area contributed by atoms with E-state index in [4.69, 9.17) is 0 Å². The number of nitrogens with one attached hydrogen (secondary N) is 1. The van der Waals surface area contributed by atoms with Crippen LogP contribution in [0.15, 0.2) is 18.2 Å². The largest absolute Gasteiger partial charge is 0.396 e. The van der Waals surface area contributed by atoms with Crippen molar-refractivity contribution < 1.29 is 5.11 Å². The Kier molecular flexibility index (Phi) is 5.31. The summed E-state index contributed by atoms with van der Waals surface area (Å²) in [6.07, 6.45) is 4.13. The van der Waals surface area contributed by atoms with Gasteiger partial charge in [-0.15, -0.1) is 0 Å². The van der Waals surface area contributed by atoms with Gasteiger partial charge in [0.15, 0.2) is 0 Å². The Labute approximate surface area is 121 Å². The summed E-state index contributed by atoms with van der Waals surface area (Å²) in [5.41, 5.74) is 4.29. The Morgan fingerprint density at radius 1 is 1.47 bits per heavy atom. The highest BCUT2D eigenvalue weighted by atomic mass is 32.2. The molecule has 0 saturated heterocycles. The molecule has 0 radical (unpaired) electrons. The number of fused-ring (bicyclic) bond motifs is 1. The van der Waals surface area contributed by atoms with Crippen LogP contribution in [0.5, 0.6) is 0 Å². The van der Waals surface area contributed by atoms with Gasteiger partial charge in [-0.3, -0.25) is 0 Å². The third-order valence-corrected chi connectivity index (χ3v) is 4.74. The van der Waals surface area contributed by atoms with E-state index in [1.165, 1.54) is 23.1 Å². The highest BCUT2D eigenvalue weighted by Gasteiger charge is 2.30. The minimum atomic E-state index is 0.264. The highest BCUT2D eigenvalue weighted by molar-refractivity contribution is 7.98. The first-order valence-corrected chi connectivity index (χ1v) is 8.50. The van der Waals surface area contributed by atoms with E-state index in [0.717, 1.165) is 12.2 Å². The van der Waals surface area contributed by atoms with Gasteiger partial charge in [0.25, 0.3) is 0 Å². The predicted molar refractivity (Wildman–Crippen MR) is 83.8 cm³/mol. The van der Waals surface area contributed by atoms with Gasteiger partial charge >= 0.3 is 0 Å². The fraction of sp³-hybridized carbons (Fsp3) is 0.625. The maximum Gasteiger partial charge on any atom is 0.0446 e. The summed E-state index contributed by atoms with van der Waals surface area (Å²) in [5.74, 6) is 1.70. The van der Waals surface area contributed by atoms with Crippen LogP contribution < -0.4 is 5.32 Å². The van der Waals surface area contributed by atoms with E-state index in [2.05, 4.69) is 43.6 Å². The number of aryl methyl sites for hydroxylation is 1. The molecule has 2 nitrogen and oxygen atoms in total. The summed E-state index contributed by atoms with van der Waals surface area (Å²) in [6, 6.07) is 7.66. The van der Waals surface area contributed by atoms with Gasteiger partial charge < -0.3 is 10.4 Å². The summed E-state index contributed by atoms with van der Waals surface area (Å²) >= 11 is 1.85. The average molecular weight is 279 g/mol. The molecule has 0 aromatic heterocycles. The van der Waals surface area contributed by atoms with Crippen LogP contribution in [0.1, 0.15) is 36.1 Å². The maximum atomic E-state index is 9.19. The molecular weight excluding hydrogens is 254 g/mol. The Hall–Kier alpha value is -0.510. The van der Waals surface area contributed by atoms with Gasteiger partial charge in [0.2, 0.25) is 0 Å². The van der Waals surface area contributed by atoms with Crippen LogP contribution in [0.2, 0.25) is 0 Å². The van der Waals surface area contributed by atoms with E-state index in [1.54, 1.807) is 0 Å². The molecule has 3 atom stereocenters. The lowest BCUT2D eigenvalue weighted by molar-refractivity contribution is 0.257. The predicted octanol–water partition coefficient (Wildman–Crippen LogP) is 2.93. The van der Waals surface area contributed by atoms with Crippen LogP contribution in [0.3, 0.4) is 0 Å². The summed E-state index contributed by atoms with van der Waals surface area (Å²) in [4.78, 5) is 0. The average Bonchev–Trinajstić information content (AvgIpc) is 2.67. The highest BCUT2D eigenvalue weighted by Crippen LogP contribution is 2.36. The quantitative estimate of drug-likeness (QED) is 0.840. The number of hydrogen-bond acceptors (Lipinski definition) is 3. The first kappa shape index (κ1) is 14.9. The molecule has 0 aliphatic heterocycles. The number of aliphatic hydroxyl groups is 1. The molecule has 1 aromatic carbocycles. The van der Waals surface area contributed by atoms with Crippen molar-refractivity contribution in [1.82, 2.24) is 5.32 Å². The number of rotatable bonds is 6. The van der Waals surface area contributed by atoms with E-state index in [0.29, 0.717) is 18.0 Å². The number of thioether (sulfide) groups is 1. The normalized spacial score (nSPS) is 23.4. The number of hydrogen-bond donors (Lipinski definition) is 2. The zero-order chi connectivity index (χ0) is 13.8. The molecular formula is C16H25NOS. The molecule has 106 valence electrons. The van der Waals surface area contributed by atoms with Gasteiger partial charge in [-0.25, -0.2) is 0 Å². The molecule has 1 aromatic rings. The van der Waals surface area contributed by atoms with E-state index in [1.807, 2.05) is 11.8 Å². The Morgan fingerprint density at radius 2 is 2.26 bits per heavy atom. The van der Waals surface area contributed by atoms with E-state index in [9.17, 15) is 5.11 Å². The van der Waals surface area contributed by atoms with Crippen LogP contribution in [-0.2, 0) is 6.42 Å². The van der Waals surface area contributed by atoms with Crippen LogP contribution in [0, 0.1) is 12.8 Å².